The molecule has 2 rings (SSSR count). The maximum atomic E-state index is 6.01. The van der Waals surface area contributed by atoms with Crippen molar-refractivity contribution in [2.75, 3.05) is 37.2 Å². The maximum Gasteiger partial charge on any atom is 0.0603 e. The van der Waals surface area contributed by atoms with Crippen LogP contribution in [-0.4, -0.2) is 31.1 Å². The SMILES string of the molecule is CCN1CCC(CNc2c(C)cccc2N)CC1. The molecule has 0 aromatic heterocycles. The van der Waals surface area contributed by atoms with Crippen molar-refractivity contribution in [3.05, 3.63) is 23.8 Å². The summed E-state index contributed by atoms with van der Waals surface area (Å²) in [4.78, 5) is 2.53. The van der Waals surface area contributed by atoms with Crippen LogP contribution in [0, 0.1) is 12.8 Å². The number of benzene rings is 1. The van der Waals surface area contributed by atoms with E-state index in [1.54, 1.807) is 0 Å². The van der Waals surface area contributed by atoms with Crippen LogP contribution in [0.5, 0.6) is 0 Å². The van der Waals surface area contributed by atoms with Crippen LogP contribution in [0.1, 0.15) is 25.3 Å². The number of aryl methyl sites for hydroxylation is 1. The molecular weight excluding hydrogens is 222 g/mol. The van der Waals surface area contributed by atoms with E-state index in [1.165, 1.54) is 38.0 Å². The second-order valence-corrected chi connectivity index (χ2v) is 5.30. The number of nitrogens with two attached hydrogens (primary N) is 1. The van der Waals surface area contributed by atoms with Crippen molar-refractivity contribution in [3.8, 4) is 0 Å². The van der Waals surface area contributed by atoms with E-state index in [0.717, 1.165) is 23.8 Å². The van der Waals surface area contributed by atoms with Gasteiger partial charge in [-0.1, -0.05) is 19.1 Å². The smallest absolute Gasteiger partial charge is 0.0603 e. The normalized spacial score (nSPS) is 17.9. The number of piperidine rings is 1. The maximum absolute atomic E-state index is 6.01. The van der Waals surface area contributed by atoms with Gasteiger partial charge >= 0.3 is 0 Å². The number of nitrogen functional groups attached to an aromatic ring is 1. The molecule has 1 aromatic carbocycles. The number of rotatable bonds is 4. The Morgan fingerprint density at radius 2 is 2.06 bits per heavy atom. The molecule has 0 aliphatic carbocycles. The molecule has 1 aliphatic rings. The lowest BCUT2D eigenvalue weighted by Crippen LogP contribution is -2.35. The summed E-state index contributed by atoms with van der Waals surface area (Å²) in [5.74, 6) is 0.784. The van der Waals surface area contributed by atoms with Gasteiger partial charge in [-0.05, 0) is 56.9 Å². The van der Waals surface area contributed by atoms with Crippen LogP contribution in [0.2, 0.25) is 0 Å². The Hall–Kier alpha value is -1.22. The van der Waals surface area contributed by atoms with E-state index in [0.29, 0.717) is 0 Å². The van der Waals surface area contributed by atoms with Crippen LogP contribution in [-0.2, 0) is 0 Å². The highest BCUT2D eigenvalue weighted by molar-refractivity contribution is 5.69. The number of nitrogens with one attached hydrogen (secondary N) is 1. The van der Waals surface area contributed by atoms with E-state index >= 15 is 0 Å². The predicted octanol–water partition coefficient (Wildman–Crippen LogP) is 2.72. The van der Waals surface area contributed by atoms with Crippen molar-refractivity contribution in [2.24, 2.45) is 5.92 Å². The number of nitrogens with zero attached hydrogens (tertiary/aromatic N) is 1. The number of likely N-dealkylation sites (tertiary alicyclic amines) is 1. The largest absolute Gasteiger partial charge is 0.397 e. The summed E-state index contributed by atoms with van der Waals surface area (Å²) >= 11 is 0. The minimum Gasteiger partial charge on any atom is -0.397 e. The highest BCUT2D eigenvalue weighted by Gasteiger charge is 2.18. The number of hydrogen-bond acceptors (Lipinski definition) is 3. The zero-order valence-corrected chi connectivity index (χ0v) is 11.6. The van der Waals surface area contributed by atoms with Crippen LogP contribution in [0.4, 0.5) is 11.4 Å². The quantitative estimate of drug-likeness (QED) is 0.804. The molecule has 0 radical (unpaired) electrons. The standard InChI is InChI=1S/C15H25N3/c1-3-18-9-7-13(8-10-18)11-17-15-12(2)5-4-6-14(15)16/h4-6,13,17H,3,7-11,16H2,1-2H3. The summed E-state index contributed by atoms with van der Waals surface area (Å²) in [6.07, 6.45) is 2.60. The van der Waals surface area contributed by atoms with Crippen molar-refractivity contribution in [1.29, 1.82) is 0 Å². The molecule has 1 heterocycles. The Labute approximate surface area is 110 Å². The Morgan fingerprint density at radius 1 is 1.33 bits per heavy atom. The Balaban J connectivity index is 1.85. The molecule has 1 aromatic rings. The molecule has 0 unspecified atom stereocenters. The van der Waals surface area contributed by atoms with Gasteiger partial charge in [-0.2, -0.15) is 0 Å². The molecule has 1 fully saturated rings. The topological polar surface area (TPSA) is 41.3 Å². The average Bonchev–Trinajstić information content (AvgIpc) is 2.39. The van der Waals surface area contributed by atoms with Gasteiger partial charge in [0.1, 0.15) is 0 Å². The lowest BCUT2D eigenvalue weighted by Gasteiger charge is -2.31. The first-order chi connectivity index (χ1) is 8.70. The fraction of sp³-hybridized carbons (Fsp3) is 0.600. The summed E-state index contributed by atoms with van der Waals surface area (Å²) < 4.78 is 0. The third kappa shape index (κ3) is 3.16. The van der Waals surface area contributed by atoms with Gasteiger partial charge in [0.05, 0.1) is 11.4 Å². The van der Waals surface area contributed by atoms with E-state index in [4.69, 9.17) is 5.73 Å². The summed E-state index contributed by atoms with van der Waals surface area (Å²) in [6.45, 7) is 9.07. The lowest BCUT2D eigenvalue weighted by molar-refractivity contribution is 0.198. The first-order valence-corrected chi connectivity index (χ1v) is 7.02. The summed E-state index contributed by atoms with van der Waals surface area (Å²) in [5, 5.41) is 3.54. The van der Waals surface area contributed by atoms with Gasteiger partial charge in [0.15, 0.2) is 0 Å². The summed E-state index contributed by atoms with van der Waals surface area (Å²) in [7, 11) is 0. The van der Waals surface area contributed by atoms with E-state index in [1.807, 2.05) is 12.1 Å². The minimum atomic E-state index is 0.784. The predicted molar refractivity (Wildman–Crippen MR) is 78.9 cm³/mol. The van der Waals surface area contributed by atoms with Crippen molar-refractivity contribution in [2.45, 2.75) is 26.7 Å². The molecule has 1 aliphatic heterocycles. The van der Waals surface area contributed by atoms with Gasteiger partial charge in [0.25, 0.3) is 0 Å². The van der Waals surface area contributed by atoms with Crippen LogP contribution in [0.3, 0.4) is 0 Å². The van der Waals surface area contributed by atoms with Gasteiger partial charge < -0.3 is 16.0 Å². The number of para-hydroxylation sites is 1. The second kappa shape index (κ2) is 6.10. The molecule has 0 amide bonds. The summed E-state index contributed by atoms with van der Waals surface area (Å²) in [6, 6.07) is 6.09. The van der Waals surface area contributed by atoms with Crippen LogP contribution in [0.25, 0.3) is 0 Å². The highest BCUT2D eigenvalue weighted by Crippen LogP contribution is 2.24. The highest BCUT2D eigenvalue weighted by atomic mass is 15.1. The zero-order chi connectivity index (χ0) is 13.0. The molecule has 100 valence electrons. The molecule has 3 N–H and O–H groups in total. The fourth-order valence-corrected chi connectivity index (χ4v) is 2.69. The van der Waals surface area contributed by atoms with E-state index < -0.39 is 0 Å². The molecular formula is C15H25N3. The van der Waals surface area contributed by atoms with Crippen LogP contribution >= 0.6 is 0 Å². The van der Waals surface area contributed by atoms with Gasteiger partial charge in [-0.3, -0.25) is 0 Å². The number of hydrogen-bond donors (Lipinski definition) is 2. The Morgan fingerprint density at radius 3 is 2.67 bits per heavy atom. The molecule has 3 heteroatoms. The van der Waals surface area contributed by atoms with Crippen molar-refractivity contribution in [1.82, 2.24) is 4.90 Å². The monoisotopic (exact) mass is 247 g/mol. The third-order valence-corrected chi connectivity index (χ3v) is 4.03. The van der Waals surface area contributed by atoms with Crippen molar-refractivity contribution in [3.63, 3.8) is 0 Å². The van der Waals surface area contributed by atoms with Gasteiger partial charge in [0, 0.05) is 6.54 Å². The van der Waals surface area contributed by atoms with E-state index in [2.05, 4.69) is 30.1 Å². The molecule has 18 heavy (non-hydrogen) atoms. The van der Waals surface area contributed by atoms with Gasteiger partial charge in [-0.15, -0.1) is 0 Å². The third-order valence-electron chi connectivity index (χ3n) is 4.03. The lowest BCUT2D eigenvalue weighted by atomic mass is 9.96. The molecule has 0 spiro atoms. The van der Waals surface area contributed by atoms with Gasteiger partial charge in [-0.25, -0.2) is 0 Å². The average molecular weight is 247 g/mol. The molecule has 0 saturated carbocycles. The summed E-state index contributed by atoms with van der Waals surface area (Å²) in [5.41, 5.74) is 9.23. The first kappa shape index (κ1) is 13.2. The molecule has 0 bridgehead atoms. The molecule has 3 nitrogen and oxygen atoms in total. The van der Waals surface area contributed by atoms with Gasteiger partial charge in [0.2, 0.25) is 0 Å². The van der Waals surface area contributed by atoms with E-state index in [9.17, 15) is 0 Å². The zero-order valence-electron chi connectivity index (χ0n) is 11.6. The minimum absolute atomic E-state index is 0.784. The van der Waals surface area contributed by atoms with Crippen LogP contribution in [0.15, 0.2) is 18.2 Å². The van der Waals surface area contributed by atoms with Crippen molar-refractivity contribution >= 4 is 11.4 Å². The second-order valence-electron chi connectivity index (χ2n) is 5.30. The fourth-order valence-electron chi connectivity index (χ4n) is 2.69. The van der Waals surface area contributed by atoms with Crippen molar-refractivity contribution < 1.29 is 0 Å². The first-order valence-electron chi connectivity index (χ1n) is 7.02. The number of anilines is 2. The Kier molecular flexibility index (Phi) is 4.48. The van der Waals surface area contributed by atoms with Crippen LogP contribution < -0.4 is 11.1 Å². The Bertz CT molecular complexity index is 361. The van der Waals surface area contributed by atoms with E-state index in [-0.39, 0.29) is 0 Å². The molecule has 1 saturated heterocycles. The molecule has 0 atom stereocenters.